The number of hydrogen-bond donors (Lipinski definition) is 2. The van der Waals surface area contributed by atoms with Crippen molar-refractivity contribution >= 4 is 0 Å². The lowest BCUT2D eigenvalue weighted by atomic mass is 9.97. The molecular weight excluding hydrogens is 168 g/mol. The number of hydrogen-bond acceptors (Lipinski definition) is 3. The molecule has 0 aliphatic carbocycles. The van der Waals surface area contributed by atoms with Crippen LogP contribution in [0.25, 0.3) is 0 Å². The molecule has 1 rings (SSSR count). The van der Waals surface area contributed by atoms with E-state index in [1.807, 2.05) is 13.0 Å². The third-order valence-corrected chi connectivity index (χ3v) is 2.16. The fourth-order valence-electron chi connectivity index (χ4n) is 1.04. The highest BCUT2D eigenvalue weighted by atomic mass is 16.3. The van der Waals surface area contributed by atoms with Crippen molar-refractivity contribution in [1.29, 1.82) is 0 Å². The maximum Gasteiger partial charge on any atom is 0.109 e. The summed E-state index contributed by atoms with van der Waals surface area (Å²) in [6, 6.07) is 1.84. The van der Waals surface area contributed by atoms with Gasteiger partial charge in [-0.15, -0.1) is 0 Å². The van der Waals surface area contributed by atoms with Gasteiger partial charge in [-0.2, -0.15) is 0 Å². The zero-order valence-corrected chi connectivity index (χ0v) is 8.24. The number of aryl methyl sites for hydroxylation is 1. The molecule has 0 spiro atoms. The van der Waals surface area contributed by atoms with E-state index in [9.17, 15) is 10.2 Å². The van der Waals surface area contributed by atoms with Crippen molar-refractivity contribution in [3.8, 4) is 0 Å². The largest absolute Gasteiger partial charge is 0.469 e. The molecule has 3 heteroatoms. The van der Waals surface area contributed by atoms with Crippen molar-refractivity contribution in [2.24, 2.45) is 0 Å². The predicted molar refractivity (Wildman–Crippen MR) is 49.5 cm³/mol. The Hall–Kier alpha value is -0.800. The lowest BCUT2D eigenvalue weighted by Gasteiger charge is -2.23. The first-order chi connectivity index (χ1) is 5.91. The van der Waals surface area contributed by atoms with Crippen LogP contribution in [0.15, 0.2) is 16.7 Å². The Balaban J connectivity index is 2.65. The zero-order chi connectivity index (χ0) is 10.1. The highest BCUT2D eigenvalue weighted by molar-refractivity contribution is 5.15. The van der Waals surface area contributed by atoms with E-state index in [0.29, 0.717) is 6.42 Å². The molecule has 1 heterocycles. The summed E-state index contributed by atoms with van der Waals surface area (Å²) >= 11 is 0. The molecule has 74 valence electrons. The van der Waals surface area contributed by atoms with Gasteiger partial charge < -0.3 is 14.6 Å². The van der Waals surface area contributed by atoms with E-state index in [0.717, 1.165) is 11.3 Å². The van der Waals surface area contributed by atoms with Crippen LogP contribution in [0.1, 0.15) is 25.2 Å². The molecule has 1 aromatic rings. The van der Waals surface area contributed by atoms with Gasteiger partial charge in [-0.05, 0) is 32.4 Å². The maximum absolute atomic E-state index is 9.57. The molecule has 0 radical (unpaired) electrons. The molecule has 0 aromatic carbocycles. The topological polar surface area (TPSA) is 53.6 Å². The highest BCUT2D eigenvalue weighted by Crippen LogP contribution is 2.17. The second kappa shape index (κ2) is 3.52. The number of aliphatic hydroxyl groups excluding tert-OH is 1. The van der Waals surface area contributed by atoms with Crippen LogP contribution in [0.4, 0.5) is 0 Å². The van der Waals surface area contributed by atoms with Gasteiger partial charge in [0.25, 0.3) is 0 Å². The number of furan rings is 1. The molecule has 0 unspecified atom stereocenters. The van der Waals surface area contributed by atoms with E-state index in [-0.39, 0.29) is 0 Å². The lowest BCUT2D eigenvalue weighted by Crippen LogP contribution is -2.37. The summed E-state index contributed by atoms with van der Waals surface area (Å²) in [5.41, 5.74) is -0.0810. The first kappa shape index (κ1) is 10.3. The van der Waals surface area contributed by atoms with E-state index in [2.05, 4.69) is 0 Å². The van der Waals surface area contributed by atoms with Gasteiger partial charge >= 0.3 is 0 Å². The van der Waals surface area contributed by atoms with E-state index in [1.165, 1.54) is 0 Å². The van der Waals surface area contributed by atoms with E-state index < -0.39 is 11.7 Å². The second-order valence-electron chi connectivity index (χ2n) is 3.90. The Morgan fingerprint density at radius 3 is 2.54 bits per heavy atom. The van der Waals surface area contributed by atoms with E-state index in [1.54, 1.807) is 20.1 Å². The molecular formula is C10H16O3. The minimum absolute atomic E-state index is 0.350. The summed E-state index contributed by atoms with van der Waals surface area (Å²) in [4.78, 5) is 0. The number of aliphatic hydroxyl groups is 2. The van der Waals surface area contributed by atoms with Crippen molar-refractivity contribution < 1.29 is 14.6 Å². The van der Waals surface area contributed by atoms with Crippen LogP contribution >= 0.6 is 0 Å². The lowest BCUT2D eigenvalue weighted by molar-refractivity contribution is -0.0490. The van der Waals surface area contributed by atoms with Crippen LogP contribution in [0.3, 0.4) is 0 Å². The molecule has 3 nitrogen and oxygen atoms in total. The van der Waals surface area contributed by atoms with Crippen LogP contribution in [0, 0.1) is 6.92 Å². The molecule has 0 saturated heterocycles. The molecule has 0 aliphatic heterocycles. The quantitative estimate of drug-likeness (QED) is 0.743. The monoisotopic (exact) mass is 184 g/mol. The minimum atomic E-state index is -1.08. The normalized spacial score (nSPS) is 14.5. The zero-order valence-electron chi connectivity index (χ0n) is 8.24. The SMILES string of the molecule is Cc1ccoc1C[C@H](O)C(C)(C)O. The van der Waals surface area contributed by atoms with Crippen LogP contribution in [0.2, 0.25) is 0 Å². The Morgan fingerprint density at radius 2 is 2.15 bits per heavy atom. The molecule has 13 heavy (non-hydrogen) atoms. The molecule has 0 bridgehead atoms. The fourth-order valence-corrected chi connectivity index (χ4v) is 1.04. The van der Waals surface area contributed by atoms with Gasteiger partial charge in [0, 0.05) is 6.42 Å². The smallest absolute Gasteiger partial charge is 0.109 e. The van der Waals surface area contributed by atoms with Crippen LogP contribution in [-0.2, 0) is 6.42 Å². The average Bonchev–Trinajstić information content (AvgIpc) is 2.34. The molecule has 1 aromatic heterocycles. The Kier molecular flexibility index (Phi) is 2.78. The molecule has 0 amide bonds. The standard InChI is InChI=1S/C10H16O3/c1-7-4-5-13-8(7)6-9(11)10(2,3)12/h4-5,9,11-12H,6H2,1-3H3/t9-/m0/s1. The molecule has 0 fully saturated rings. The molecule has 0 aliphatic rings. The van der Waals surface area contributed by atoms with E-state index in [4.69, 9.17) is 4.42 Å². The fraction of sp³-hybridized carbons (Fsp3) is 0.600. The summed E-state index contributed by atoms with van der Waals surface area (Å²) in [7, 11) is 0. The van der Waals surface area contributed by atoms with Gasteiger partial charge in [-0.3, -0.25) is 0 Å². The van der Waals surface area contributed by atoms with Crippen molar-refractivity contribution in [2.75, 3.05) is 0 Å². The number of rotatable bonds is 3. The third-order valence-electron chi connectivity index (χ3n) is 2.16. The summed E-state index contributed by atoms with van der Waals surface area (Å²) in [5, 5.41) is 19.1. The molecule has 0 saturated carbocycles. The summed E-state index contributed by atoms with van der Waals surface area (Å²) < 4.78 is 5.16. The molecule has 2 N–H and O–H groups in total. The van der Waals surface area contributed by atoms with Gasteiger partial charge in [0.05, 0.1) is 18.0 Å². The maximum atomic E-state index is 9.57. The Labute approximate surface area is 78.0 Å². The van der Waals surface area contributed by atoms with Crippen molar-refractivity contribution in [3.05, 3.63) is 23.7 Å². The summed E-state index contributed by atoms with van der Waals surface area (Å²) in [6.45, 7) is 5.07. The minimum Gasteiger partial charge on any atom is -0.469 e. The van der Waals surface area contributed by atoms with Crippen LogP contribution in [-0.4, -0.2) is 21.9 Å². The van der Waals surface area contributed by atoms with Crippen molar-refractivity contribution in [1.82, 2.24) is 0 Å². The van der Waals surface area contributed by atoms with Gasteiger partial charge in [-0.1, -0.05) is 0 Å². The Bertz CT molecular complexity index is 270. The molecule has 1 atom stereocenters. The van der Waals surface area contributed by atoms with Crippen LogP contribution in [0.5, 0.6) is 0 Å². The predicted octanol–water partition coefficient (Wildman–Crippen LogP) is 1.26. The van der Waals surface area contributed by atoms with Gasteiger partial charge in [0.1, 0.15) is 5.76 Å². The van der Waals surface area contributed by atoms with Crippen molar-refractivity contribution in [3.63, 3.8) is 0 Å². The van der Waals surface area contributed by atoms with Gasteiger partial charge in [-0.25, -0.2) is 0 Å². The van der Waals surface area contributed by atoms with Crippen LogP contribution < -0.4 is 0 Å². The average molecular weight is 184 g/mol. The van der Waals surface area contributed by atoms with Gasteiger partial charge in [0.15, 0.2) is 0 Å². The summed E-state index contributed by atoms with van der Waals surface area (Å²) in [5.74, 6) is 0.731. The first-order valence-corrected chi connectivity index (χ1v) is 4.34. The first-order valence-electron chi connectivity index (χ1n) is 4.34. The third kappa shape index (κ3) is 2.57. The highest BCUT2D eigenvalue weighted by Gasteiger charge is 2.25. The van der Waals surface area contributed by atoms with E-state index >= 15 is 0 Å². The van der Waals surface area contributed by atoms with Crippen molar-refractivity contribution in [2.45, 2.75) is 38.9 Å². The summed E-state index contributed by atoms with van der Waals surface area (Å²) in [6.07, 6.45) is 1.14. The second-order valence-corrected chi connectivity index (χ2v) is 3.90. The Morgan fingerprint density at radius 1 is 1.54 bits per heavy atom. The van der Waals surface area contributed by atoms with Gasteiger partial charge in [0.2, 0.25) is 0 Å².